The number of halogens is 1. The first-order valence-corrected chi connectivity index (χ1v) is 8.92. The number of hydrogen-bond acceptors (Lipinski definition) is 3. The summed E-state index contributed by atoms with van der Waals surface area (Å²) in [7, 11) is 0. The minimum absolute atomic E-state index is 0.478. The Labute approximate surface area is 129 Å². The van der Waals surface area contributed by atoms with Gasteiger partial charge in [-0.25, -0.2) is 0 Å². The molecular formula is C15H24BrNOS. The number of ether oxygens (including phenoxy) is 1. The van der Waals surface area contributed by atoms with Crippen molar-refractivity contribution in [3.8, 4) is 0 Å². The van der Waals surface area contributed by atoms with Gasteiger partial charge in [0.05, 0.1) is 9.89 Å². The molecule has 19 heavy (non-hydrogen) atoms. The molecule has 2 atom stereocenters. The molecule has 0 radical (unpaired) electrons. The summed E-state index contributed by atoms with van der Waals surface area (Å²) >= 11 is 5.44. The largest absolute Gasteiger partial charge is 0.378 e. The highest BCUT2D eigenvalue weighted by Gasteiger charge is 2.20. The number of aryl methyl sites for hydroxylation is 1. The van der Waals surface area contributed by atoms with Crippen molar-refractivity contribution < 1.29 is 4.74 Å². The molecule has 2 rings (SSSR count). The minimum Gasteiger partial charge on any atom is -0.378 e. The fraction of sp³-hybridized carbons (Fsp3) is 0.733. The Bertz CT molecular complexity index is 387. The molecule has 0 aliphatic carbocycles. The molecule has 0 aromatic carbocycles. The molecule has 2 nitrogen and oxygen atoms in total. The lowest BCUT2D eigenvalue weighted by molar-refractivity contribution is 0.0996. The van der Waals surface area contributed by atoms with Crippen molar-refractivity contribution in [2.75, 3.05) is 13.2 Å². The summed E-state index contributed by atoms with van der Waals surface area (Å²) in [6, 6.07) is 2.76. The molecule has 1 aromatic heterocycles. The molecule has 1 saturated heterocycles. The molecule has 1 aliphatic rings. The fourth-order valence-electron chi connectivity index (χ4n) is 2.72. The molecule has 2 unspecified atom stereocenters. The number of rotatable bonds is 7. The molecule has 1 fully saturated rings. The van der Waals surface area contributed by atoms with Gasteiger partial charge >= 0.3 is 0 Å². The van der Waals surface area contributed by atoms with E-state index in [9.17, 15) is 0 Å². The van der Waals surface area contributed by atoms with Crippen molar-refractivity contribution in [2.24, 2.45) is 0 Å². The Kier molecular flexibility index (Phi) is 6.33. The number of nitrogens with one attached hydrogen (secondary N) is 1. The van der Waals surface area contributed by atoms with Crippen LogP contribution in [0.3, 0.4) is 0 Å². The molecule has 2 heterocycles. The van der Waals surface area contributed by atoms with Gasteiger partial charge in [-0.2, -0.15) is 0 Å². The van der Waals surface area contributed by atoms with Gasteiger partial charge in [-0.1, -0.05) is 6.92 Å². The van der Waals surface area contributed by atoms with E-state index in [1.54, 1.807) is 0 Å². The van der Waals surface area contributed by atoms with Crippen LogP contribution in [0.15, 0.2) is 9.85 Å². The predicted octanol–water partition coefficient (Wildman–Crippen LogP) is 4.82. The smallest absolute Gasteiger partial charge is 0.0704 e. The molecule has 0 saturated carbocycles. The van der Waals surface area contributed by atoms with Crippen molar-refractivity contribution >= 4 is 27.3 Å². The van der Waals surface area contributed by atoms with Crippen LogP contribution in [0.2, 0.25) is 0 Å². The van der Waals surface area contributed by atoms with Crippen molar-refractivity contribution in [3.05, 3.63) is 20.3 Å². The number of thiophene rings is 1. The van der Waals surface area contributed by atoms with E-state index in [-0.39, 0.29) is 0 Å². The maximum atomic E-state index is 5.74. The van der Waals surface area contributed by atoms with Crippen molar-refractivity contribution in [1.82, 2.24) is 5.32 Å². The van der Waals surface area contributed by atoms with Gasteiger partial charge < -0.3 is 10.1 Å². The lowest BCUT2D eigenvalue weighted by Crippen LogP contribution is -2.23. The van der Waals surface area contributed by atoms with Crippen LogP contribution >= 0.6 is 27.3 Å². The zero-order valence-electron chi connectivity index (χ0n) is 11.9. The van der Waals surface area contributed by atoms with Crippen LogP contribution in [0.4, 0.5) is 0 Å². The van der Waals surface area contributed by atoms with Gasteiger partial charge in [-0.15, -0.1) is 11.3 Å². The van der Waals surface area contributed by atoms with Gasteiger partial charge in [0.1, 0.15) is 0 Å². The molecule has 0 amide bonds. The second-order valence-electron chi connectivity index (χ2n) is 5.28. The molecule has 0 bridgehead atoms. The lowest BCUT2D eigenvalue weighted by Gasteiger charge is -2.20. The van der Waals surface area contributed by atoms with E-state index in [1.807, 2.05) is 11.3 Å². The Morgan fingerprint density at radius 3 is 3.00 bits per heavy atom. The van der Waals surface area contributed by atoms with Crippen molar-refractivity contribution in [3.63, 3.8) is 0 Å². The first kappa shape index (κ1) is 15.5. The van der Waals surface area contributed by atoms with Crippen LogP contribution in [0.5, 0.6) is 0 Å². The van der Waals surface area contributed by atoms with Crippen LogP contribution < -0.4 is 5.32 Å². The normalized spacial score (nSPS) is 20.9. The summed E-state index contributed by atoms with van der Waals surface area (Å²) in [5.74, 6) is 0. The zero-order chi connectivity index (χ0) is 13.7. The molecule has 1 aliphatic heterocycles. The monoisotopic (exact) mass is 345 g/mol. The summed E-state index contributed by atoms with van der Waals surface area (Å²) in [6.07, 6.45) is 6.51. The standard InChI is InChI=1S/C15H24BrNOS/c1-3-8-17-14(7-6-12-5-4-9-18-12)13-10-15(16)19-11(13)2/h10,12,14,17H,3-9H2,1-2H3. The van der Waals surface area contributed by atoms with Crippen LogP contribution in [0, 0.1) is 6.92 Å². The van der Waals surface area contributed by atoms with E-state index in [0.717, 1.165) is 13.2 Å². The maximum absolute atomic E-state index is 5.74. The fourth-order valence-corrected chi connectivity index (χ4v) is 4.49. The second-order valence-corrected chi connectivity index (χ2v) is 7.92. The topological polar surface area (TPSA) is 21.3 Å². The highest BCUT2D eigenvalue weighted by atomic mass is 79.9. The third-order valence-electron chi connectivity index (χ3n) is 3.74. The summed E-state index contributed by atoms with van der Waals surface area (Å²) in [6.45, 7) is 6.49. The molecule has 1 aromatic rings. The van der Waals surface area contributed by atoms with Gasteiger partial charge in [-0.3, -0.25) is 0 Å². The quantitative estimate of drug-likeness (QED) is 0.764. The molecule has 108 valence electrons. The van der Waals surface area contributed by atoms with Crippen molar-refractivity contribution in [1.29, 1.82) is 0 Å². The Morgan fingerprint density at radius 1 is 1.58 bits per heavy atom. The van der Waals surface area contributed by atoms with Gasteiger partial charge in [-0.05, 0) is 73.1 Å². The van der Waals surface area contributed by atoms with E-state index in [1.165, 1.54) is 46.3 Å². The Balaban J connectivity index is 1.96. The predicted molar refractivity (Wildman–Crippen MR) is 86.0 cm³/mol. The summed E-state index contributed by atoms with van der Waals surface area (Å²) in [5, 5.41) is 3.69. The maximum Gasteiger partial charge on any atom is 0.0704 e. The minimum atomic E-state index is 0.478. The van der Waals surface area contributed by atoms with E-state index in [0.29, 0.717) is 12.1 Å². The Hall–Kier alpha value is 0.1000. The highest BCUT2D eigenvalue weighted by Crippen LogP contribution is 2.33. The van der Waals surface area contributed by atoms with Crippen LogP contribution in [-0.2, 0) is 4.74 Å². The van der Waals surface area contributed by atoms with E-state index < -0.39 is 0 Å². The molecule has 1 N–H and O–H groups in total. The van der Waals surface area contributed by atoms with E-state index in [2.05, 4.69) is 41.2 Å². The molecule has 0 spiro atoms. The third kappa shape index (κ3) is 4.55. The van der Waals surface area contributed by atoms with Crippen LogP contribution in [-0.4, -0.2) is 19.3 Å². The SMILES string of the molecule is CCCNC(CCC1CCCO1)c1cc(Br)sc1C. The van der Waals surface area contributed by atoms with Gasteiger partial charge in [0, 0.05) is 17.5 Å². The average Bonchev–Trinajstić information content (AvgIpc) is 3.00. The number of hydrogen-bond donors (Lipinski definition) is 1. The van der Waals surface area contributed by atoms with E-state index in [4.69, 9.17) is 4.74 Å². The summed E-state index contributed by atoms with van der Waals surface area (Å²) in [4.78, 5) is 1.42. The van der Waals surface area contributed by atoms with Crippen LogP contribution in [0.1, 0.15) is 55.5 Å². The lowest BCUT2D eigenvalue weighted by atomic mass is 10.00. The first-order chi connectivity index (χ1) is 9.20. The molecule has 4 heteroatoms. The first-order valence-electron chi connectivity index (χ1n) is 7.31. The van der Waals surface area contributed by atoms with E-state index >= 15 is 0 Å². The third-order valence-corrected chi connectivity index (χ3v) is 5.31. The van der Waals surface area contributed by atoms with Gasteiger partial charge in [0.2, 0.25) is 0 Å². The van der Waals surface area contributed by atoms with Crippen LogP contribution in [0.25, 0.3) is 0 Å². The average molecular weight is 346 g/mol. The highest BCUT2D eigenvalue weighted by molar-refractivity contribution is 9.11. The second kappa shape index (κ2) is 7.77. The summed E-state index contributed by atoms with van der Waals surface area (Å²) in [5.41, 5.74) is 1.46. The summed E-state index contributed by atoms with van der Waals surface area (Å²) < 4.78 is 6.98. The molecular weight excluding hydrogens is 322 g/mol. The Morgan fingerprint density at radius 2 is 2.42 bits per heavy atom. The zero-order valence-corrected chi connectivity index (χ0v) is 14.3. The van der Waals surface area contributed by atoms with Gasteiger partial charge in [0.15, 0.2) is 0 Å². The van der Waals surface area contributed by atoms with Crippen molar-refractivity contribution in [2.45, 2.75) is 58.1 Å². The van der Waals surface area contributed by atoms with Gasteiger partial charge in [0.25, 0.3) is 0 Å².